The summed E-state index contributed by atoms with van der Waals surface area (Å²) in [5, 5.41) is 3.69. The summed E-state index contributed by atoms with van der Waals surface area (Å²) in [5.74, 6) is -0.328. The molecule has 0 saturated carbocycles. The van der Waals surface area contributed by atoms with Gasteiger partial charge < -0.3 is 5.32 Å². The van der Waals surface area contributed by atoms with Crippen LogP contribution >= 0.6 is 23.2 Å². The molecule has 2 aromatic carbocycles. The lowest BCUT2D eigenvalue weighted by Gasteiger charge is -2.15. The first-order valence-corrected chi connectivity index (χ1v) is 9.64. The molecule has 1 amide bonds. The van der Waals surface area contributed by atoms with Gasteiger partial charge in [0.05, 0.1) is 22.3 Å². The normalized spacial score (nSPS) is 12.5. The van der Waals surface area contributed by atoms with Crippen LogP contribution in [0.4, 0.5) is 5.69 Å². The summed E-state index contributed by atoms with van der Waals surface area (Å²) in [4.78, 5) is 12.4. The quantitative estimate of drug-likeness (QED) is 0.818. The summed E-state index contributed by atoms with van der Waals surface area (Å²) < 4.78 is 24.9. The van der Waals surface area contributed by atoms with Crippen LogP contribution in [0.1, 0.15) is 28.9 Å². The van der Waals surface area contributed by atoms with Crippen molar-refractivity contribution in [2.75, 3.05) is 11.0 Å². The van der Waals surface area contributed by atoms with Crippen LogP contribution in [0, 0.1) is 0 Å². The molecule has 8 heteroatoms. The highest BCUT2D eigenvalue weighted by Gasteiger charge is 2.13. The second kappa shape index (κ2) is 7.42. The van der Waals surface area contributed by atoms with Crippen LogP contribution in [0.3, 0.4) is 0 Å². The van der Waals surface area contributed by atoms with Gasteiger partial charge in [-0.1, -0.05) is 35.3 Å². The van der Waals surface area contributed by atoms with Crippen molar-refractivity contribution in [1.29, 1.82) is 0 Å². The lowest BCUT2D eigenvalue weighted by atomic mass is 10.1. The zero-order valence-corrected chi connectivity index (χ0v) is 15.3. The van der Waals surface area contributed by atoms with Gasteiger partial charge in [0, 0.05) is 11.3 Å². The first-order valence-electron chi connectivity index (χ1n) is 6.99. The molecule has 0 aliphatic carbocycles. The standard InChI is InChI=1S/C16H16Cl2N2O3S/c1-10(11-6-7-14(17)15(18)9-11)19-16(21)12-4-3-5-13(8-12)20-24(2,22)23/h3-10,20H,1-2H3,(H,19,21). The average molecular weight is 387 g/mol. The molecular weight excluding hydrogens is 371 g/mol. The molecular formula is C16H16Cl2N2O3S. The number of nitrogens with one attached hydrogen (secondary N) is 2. The molecule has 128 valence electrons. The molecule has 1 unspecified atom stereocenters. The Bertz CT molecular complexity index is 869. The van der Waals surface area contributed by atoms with Gasteiger partial charge >= 0.3 is 0 Å². The van der Waals surface area contributed by atoms with Crippen LogP contribution in [0.25, 0.3) is 0 Å². The fraction of sp³-hybridized carbons (Fsp3) is 0.188. The van der Waals surface area contributed by atoms with Crippen LogP contribution in [0.5, 0.6) is 0 Å². The van der Waals surface area contributed by atoms with E-state index in [9.17, 15) is 13.2 Å². The number of hydrogen-bond donors (Lipinski definition) is 2. The third-order valence-electron chi connectivity index (χ3n) is 3.22. The Morgan fingerprint density at radius 1 is 1.08 bits per heavy atom. The second-order valence-corrected chi connectivity index (χ2v) is 7.89. The third kappa shape index (κ3) is 5.12. The van der Waals surface area contributed by atoms with Crippen molar-refractivity contribution in [2.45, 2.75) is 13.0 Å². The minimum Gasteiger partial charge on any atom is -0.346 e. The average Bonchev–Trinajstić information content (AvgIpc) is 2.48. The Balaban J connectivity index is 2.14. The van der Waals surface area contributed by atoms with E-state index in [4.69, 9.17) is 23.2 Å². The SMILES string of the molecule is CC(NC(=O)c1cccc(NS(C)(=O)=O)c1)c1ccc(Cl)c(Cl)c1. The summed E-state index contributed by atoms with van der Waals surface area (Å²) in [5.41, 5.74) is 1.48. The van der Waals surface area contributed by atoms with Gasteiger partial charge in [-0.2, -0.15) is 0 Å². The van der Waals surface area contributed by atoms with Crippen LogP contribution in [-0.4, -0.2) is 20.6 Å². The second-order valence-electron chi connectivity index (χ2n) is 5.32. The van der Waals surface area contributed by atoms with E-state index in [-0.39, 0.29) is 11.9 Å². The van der Waals surface area contributed by atoms with Gasteiger partial charge in [0.2, 0.25) is 10.0 Å². The molecule has 0 saturated heterocycles. The highest BCUT2D eigenvalue weighted by Crippen LogP contribution is 2.25. The van der Waals surface area contributed by atoms with E-state index in [0.717, 1.165) is 11.8 Å². The number of amides is 1. The van der Waals surface area contributed by atoms with E-state index in [1.165, 1.54) is 6.07 Å². The zero-order chi connectivity index (χ0) is 17.9. The van der Waals surface area contributed by atoms with Gasteiger partial charge in [-0.05, 0) is 42.8 Å². The maximum absolute atomic E-state index is 12.4. The summed E-state index contributed by atoms with van der Waals surface area (Å²) in [6.07, 6.45) is 1.05. The Morgan fingerprint density at radius 2 is 1.79 bits per heavy atom. The molecule has 0 aromatic heterocycles. The Kier molecular flexibility index (Phi) is 5.74. The molecule has 0 aliphatic heterocycles. The predicted octanol–water partition coefficient (Wildman–Crippen LogP) is 3.86. The maximum Gasteiger partial charge on any atom is 0.251 e. The van der Waals surface area contributed by atoms with E-state index in [2.05, 4.69) is 10.0 Å². The zero-order valence-electron chi connectivity index (χ0n) is 13.0. The molecule has 0 fully saturated rings. The van der Waals surface area contributed by atoms with Crippen molar-refractivity contribution in [1.82, 2.24) is 5.32 Å². The van der Waals surface area contributed by atoms with E-state index in [0.29, 0.717) is 21.3 Å². The third-order valence-corrected chi connectivity index (χ3v) is 4.56. The number of sulfonamides is 1. The fourth-order valence-electron chi connectivity index (χ4n) is 2.08. The monoisotopic (exact) mass is 386 g/mol. The number of halogens is 2. The number of rotatable bonds is 5. The van der Waals surface area contributed by atoms with Gasteiger partial charge in [-0.25, -0.2) is 8.42 Å². The molecule has 2 rings (SSSR count). The number of hydrogen-bond acceptors (Lipinski definition) is 3. The smallest absolute Gasteiger partial charge is 0.251 e. The van der Waals surface area contributed by atoms with Crippen molar-refractivity contribution < 1.29 is 13.2 Å². The summed E-state index contributed by atoms with van der Waals surface area (Å²) in [6, 6.07) is 11.1. The molecule has 5 nitrogen and oxygen atoms in total. The minimum absolute atomic E-state index is 0.293. The van der Waals surface area contributed by atoms with Crippen molar-refractivity contribution in [3.8, 4) is 0 Å². The largest absolute Gasteiger partial charge is 0.346 e. The van der Waals surface area contributed by atoms with Gasteiger partial charge in [-0.3, -0.25) is 9.52 Å². The molecule has 2 N–H and O–H groups in total. The van der Waals surface area contributed by atoms with Crippen molar-refractivity contribution >= 4 is 44.8 Å². The molecule has 0 spiro atoms. The molecule has 0 aliphatic rings. The van der Waals surface area contributed by atoms with E-state index in [1.807, 2.05) is 6.92 Å². The van der Waals surface area contributed by atoms with Crippen LogP contribution < -0.4 is 10.0 Å². The molecule has 0 radical (unpaired) electrons. The van der Waals surface area contributed by atoms with Crippen molar-refractivity contribution in [3.05, 3.63) is 63.6 Å². The van der Waals surface area contributed by atoms with E-state index >= 15 is 0 Å². The fourth-order valence-corrected chi connectivity index (χ4v) is 2.94. The van der Waals surface area contributed by atoms with Crippen LogP contribution in [-0.2, 0) is 10.0 Å². The van der Waals surface area contributed by atoms with E-state index < -0.39 is 10.0 Å². The molecule has 0 heterocycles. The Morgan fingerprint density at radius 3 is 2.42 bits per heavy atom. The van der Waals surface area contributed by atoms with Crippen LogP contribution in [0.15, 0.2) is 42.5 Å². The lowest BCUT2D eigenvalue weighted by Crippen LogP contribution is -2.26. The minimum atomic E-state index is -3.40. The Hall–Kier alpha value is -1.76. The molecule has 2 aromatic rings. The summed E-state index contributed by atoms with van der Waals surface area (Å²) in [7, 11) is -3.40. The number of benzene rings is 2. The topological polar surface area (TPSA) is 75.3 Å². The number of carbonyl (C=O) groups is 1. The van der Waals surface area contributed by atoms with Gasteiger partial charge in [0.15, 0.2) is 0 Å². The highest BCUT2D eigenvalue weighted by atomic mass is 35.5. The highest BCUT2D eigenvalue weighted by molar-refractivity contribution is 7.92. The molecule has 24 heavy (non-hydrogen) atoms. The van der Waals surface area contributed by atoms with Gasteiger partial charge in [0.25, 0.3) is 5.91 Å². The number of anilines is 1. The molecule has 1 atom stereocenters. The predicted molar refractivity (Wildman–Crippen MR) is 97.3 cm³/mol. The first kappa shape index (κ1) is 18.6. The molecule has 0 bridgehead atoms. The number of carbonyl (C=O) groups excluding carboxylic acids is 1. The van der Waals surface area contributed by atoms with E-state index in [1.54, 1.807) is 36.4 Å². The van der Waals surface area contributed by atoms with Crippen LogP contribution in [0.2, 0.25) is 10.0 Å². The lowest BCUT2D eigenvalue weighted by molar-refractivity contribution is 0.0940. The van der Waals surface area contributed by atoms with Crippen molar-refractivity contribution in [3.63, 3.8) is 0 Å². The van der Waals surface area contributed by atoms with Gasteiger partial charge in [-0.15, -0.1) is 0 Å². The summed E-state index contributed by atoms with van der Waals surface area (Å²) >= 11 is 11.9. The summed E-state index contributed by atoms with van der Waals surface area (Å²) in [6.45, 7) is 1.82. The van der Waals surface area contributed by atoms with Crippen molar-refractivity contribution in [2.24, 2.45) is 0 Å². The Labute approximate surface area is 151 Å². The van der Waals surface area contributed by atoms with Gasteiger partial charge in [0.1, 0.15) is 0 Å². The maximum atomic E-state index is 12.4. The first-order chi connectivity index (χ1) is 11.2.